The second-order valence-corrected chi connectivity index (χ2v) is 3.87. The lowest BCUT2D eigenvalue weighted by Crippen LogP contribution is -2.05. The molecule has 0 spiro atoms. The average molecular weight is 268 g/mol. The van der Waals surface area contributed by atoms with Crippen molar-refractivity contribution in [3.63, 3.8) is 0 Å². The maximum absolute atomic E-state index is 12.4. The first-order chi connectivity index (χ1) is 8.86. The fourth-order valence-electron chi connectivity index (χ4n) is 1.45. The van der Waals surface area contributed by atoms with Crippen molar-refractivity contribution in [2.45, 2.75) is 6.18 Å². The standard InChI is InChI=1S/C12H11F3N4/c13-12(14,15)7-1-3-8(4-2-7)18-10-6-5-9(16)11(17)19-10/h1-6H,16H2,(H3,17,18,19). The predicted molar refractivity (Wildman–Crippen MR) is 67.8 cm³/mol. The lowest BCUT2D eigenvalue weighted by Gasteiger charge is -2.09. The summed E-state index contributed by atoms with van der Waals surface area (Å²) in [5.41, 5.74) is 11.2. The minimum absolute atomic E-state index is 0.164. The summed E-state index contributed by atoms with van der Waals surface area (Å²) in [7, 11) is 0. The van der Waals surface area contributed by atoms with Gasteiger partial charge in [-0.15, -0.1) is 0 Å². The van der Waals surface area contributed by atoms with Crippen LogP contribution in [0.1, 0.15) is 5.56 Å². The van der Waals surface area contributed by atoms with Gasteiger partial charge >= 0.3 is 6.18 Å². The first-order valence-electron chi connectivity index (χ1n) is 5.32. The number of halogens is 3. The van der Waals surface area contributed by atoms with E-state index in [2.05, 4.69) is 10.3 Å². The van der Waals surface area contributed by atoms with Crippen LogP contribution in [0.2, 0.25) is 0 Å². The summed E-state index contributed by atoms with van der Waals surface area (Å²) >= 11 is 0. The molecule has 5 N–H and O–H groups in total. The van der Waals surface area contributed by atoms with Crippen LogP contribution < -0.4 is 16.8 Å². The van der Waals surface area contributed by atoms with Crippen molar-refractivity contribution < 1.29 is 13.2 Å². The monoisotopic (exact) mass is 268 g/mol. The van der Waals surface area contributed by atoms with Crippen LogP contribution in [0.15, 0.2) is 36.4 Å². The van der Waals surface area contributed by atoms with Crippen molar-refractivity contribution in [3.05, 3.63) is 42.0 Å². The van der Waals surface area contributed by atoms with Crippen LogP contribution in [0.25, 0.3) is 0 Å². The number of hydrogen-bond donors (Lipinski definition) is 3. The van der Waals surface area contributed by atoms with E-state index >= 15 is 0 Å². The zero-order valence-corrected chi connectivity index (χ0v) is 9.70. The Morgan fingerprint density at radius 2 is 1.58 bits per heavy atom. The van der Waals surface area contributed by atoms with E-state index in [0.29, 0.717) is 17.2 Å². The Hall–Kier alpha value is -2.44. The number of rotatable bonds is 2. The molecule has 0 saturated carbocycles. The third-order valence-electron chi connectivity index (χ3n) is 2.44. The number of hydrogen-bond acceptors (Lipinski definition) is 4. The lowest BCUT2D eigenvalue weighted by atomic mass is 10.2. The molecule has 0 saturated heterocycles. The van der Waals surface area contributed by atoms with Crippen molar-refractivity contribution in [1.82, 2.24) is 4.98 Å². The number of benzene rings is 1. The minimum atomic E-state index is -4.34. The number of nitrogens with one attached hydrogen (secondary N) is 1. The van der Waals surface area contributed by atoms with Gasteiger partial charge in [0.25, 0.3) is 0 Å². The normalized spacial score (nSPS) is 11.3. The number of alkyl halides is 3. The third-order valence-corrected chi connectivity index (χ3v) is 2.44. The number of aromatic nitrogens is 1. The Kier molecular flexibility index (Phi) is 3.20. The molecule has 0 aliphatic heterocycles. The van der Waals surface area contributed by atoms with Crippen LogP contribution >= 0.6 is 0 Å². The maximum atomic E-state index is 12.4. The average Bonchev–Trinajstić information content (AvgIpc) is 2.33. The van der Waals surface area contributed by atoms with E-state index in [1.165, 1.54) is 12.1 Å². The van der Waals surface area contributed by atoms with Crippen molar-refractivity contribution in [2.24, 2.45) is 0 Å². The fourth-order valence-corrected chi connectivity index (χ4v) is 1.45. The molecule has 0 aliphatic carbocycles. The van der Waals surface area contributed by atoms with Crippen LogP contribution in [-0.4, -0.2) is 4.98 Å². The van der Waals surface area contributed by atoms with Gasteiger partial charge in [-0.25, -0.2) is 4.98 Å². The summed E-state index contributed by atoms with van der Waals surface area (Å²) in [6.07, 6.45) is -4.34. The Bertz CT molecular complexity index is 579. The molecule has 2 aromatic rings. The summed E-state index contributed by atoms with van der Waals surface area (Å²) in [5, 5.41) is 2.84. The Labute approximate surface area is 107 Å². The largest absolute Gasteiger partial charge is 0.416 e. The van der Waals surface area contributed by atoms with E-state index in [0.717, 1.165) is 12.1 Å². The van der Waals surface area contributed by atoms with Crippen LogP contribution in [0.5, 0.6) is 0 Å². The van der Waals surface area contributed by atoms with Gasteiger partial charge in [-0.3, -0.25) is 0 Å². The molecule has 0 atom stereocenters. The summed E-state index contributed by atoms with van der Waals surface area (Å²) in [6.45, 7) is 0. The molecule has 1 aromatic heterocycles. The van der Waals surface area contributed by atoms with Gasteiger partial charge in [0.05, 0.1) is 11.3 Å². The molecule has 1 aromatic carbocycles. The van der Waals surface area contributed by atoms with Crippen molar-refractivity contribution in [2.75, 3.05) is 16.8 Å². The molecule has 0 fully saturated rings. The lowest BCUT2D eigenvalue weighted by molar-refractivity contribution is -0.137. The van der Waals surface area contributed by atoms with E-state index in [9.17, 15) is 13.2 Å². The highest BCUT2D eigenvalue weighted by molar-refractivity contribution is 5.65. The highest BCUT2D eigenvalue weighted by Gasteiger charge is 2.29. The number of nitrogens with two attached hydrogens (primary N) is 2. The van der Waals surface area contributed by atoms with E-state index < -0.39 is 11.7 Å². The smallest absolute Gasteiger partial charge is 0.396 e. The van der Waals surface area contributed by atoms with E-state index in [4.69, 9.17) is 11.5 Å². The molecular weight excluding hydrogens is 257 g/mol. The molecule has 1 heterocycles. The molecule has 0 radical (unpaired) electrons. The summed E-state index contributed by atoms with van der Waals surface area (Å²) < 4.78 is 37.1. The topological polar surface area (TPSA) is 77.0 Å². The first-order valence-corrected chi connectivity index (χ1v) is 5.32. The van der Waals surface area contributed by atoms with Gasteiger partial charge in [-0.1, -0.05) is 0 Å². The quantitative estimate of drug-likeness (QED) is 0.782. The Balaban J connectivity index is 2.17. The van der Waals surface area contributed by atoms with E-state index in [1.54, 1.807) is 12.1 Å². The SMILES string of the molecule is Nc1ccc(Nc2ccc(C(F)(F)F)cc2)nc1N. The molecule has 0 unspecified atom stereocenters. The van der Waals surface area contributed by atoms with Gasteiger partial charge in [0.15, 0.2) is 0 Å². The Morgan fingerprint density at radius 3 is 2.11 bits per heavy atom. The highest BCUT2D eigenvalue weighted by atomic mass is 19.4. The van der Waals surface area contributed by atoms with Gasteiger partial charge < -0.3 is 16.8 Å². The van der Waals surface area contributed by atoms with Gasteiger partial charge in [-0.2, -0.15) is 13.2 Å². The number of nitrogens with zero attached hydrogens (tertiary/aromatic N) is 1. The highest BCUT2D eigenvalue weighted by Crippen LogP contribution is 2.30. The van der Waals surface area contributed by atoms with Crippen molar-refractivity contribution >= 4 is 23.0 Å². The summed E-state index contributed by atoms with van der Waals surface area (Å²) in [5.74, 6) is 0.573. The van der Waals surface area contributed by atoms with Gasteiger partial charge in [0.2, 0.25) is 0 Å². The zero-order valence-electron chi connectivity index (χ0n) is 9.70. The van der Waals surface area contributed by atoms with Gasteiger partial charge in [0, 0.05) is 5.69 Å². The third kappa shape index (κ3) is 3.06. The summed E-state index contributed by atoms with van der Waals surface area (Å²) in [4.78, 5) is 3.96. The molecule has 19 heavy (non-hydrogen) atoms. The number of nitrogen functional groups attached to an aromatic ring is 2. The Morgan fingerprint density at radius 1 is 0.947 bits per heavy atom. The zero-order chi connectivity index (χ0) is 14.0. The molecule has 0 bridgehead atoms. The van der Waals surface area contributed by atoms with Crippen LogP contribution in [0.4, 0.5) is 36.2 Å². The van der Waals surface area contributed by atoms with Crippen molar-refractivity contribution in [1.29, 1.82) is 0 Å². The van der Waals surface area contributed by atoms with E-state index in [-0.39, 0.29) is 5.82 Å². The molecule has 0 amide bonds. The predicted octanol–water partition coefficient (Wildman–Crippen LogP) is 3.01. The first kappa shape index (κ1) is 13.0. The van der Waals surface area contributed by atoms with Crippen LogP contribution in [0.3, 0.4) is 0 Å². The number of pyridine rings is 1. The maximum Gasteiger partial charge on any atom is 0.416 e. The van der Waals surface area contributed by atoms with Gasteiger partial charge in [0.1, 0.15) is 11.6 Å². The number of anilines is 4. The second-order valence-electron chi connectivity index (χ2n) is 3.87. The molecular formula is C12H11F3N4. The van der Waals surface area contributed by atoms with E-state index in [1.807, 2.05) is 0 Å². The molecule has 2 rings (SSSR count). The molecule has 4 nitrogen and oxygen atoms in total. The molecule has 100 valence electrons. The van der Waals surface area contributed by atoms with Crippen molar-refractivity contribution in [3.8, 4) is 0 Å². The molecule has 0 aliphatic rings. The fraction of sp³-hybridized carbons (Fsp3) is 0.0833. The van der Waals surface area contributed by atoms with Crippen LogP contribution in [0, 0.1) is 0 Å². The summed E-state index contributed by atoms with van der Waals surface area (Å²) in [6, 6.07) is 7.76. The second kappa shape index (κ2) is 4.68. The minimum Gasteiger partial charge on any atom is -0.396 e. The molecule has 7 heteroatoms. The van der Waals surface area contributed by atoms with Crippen LogP contribution in [-0.2, 0) is 6.18 Å². The van der Waals surface area contributed by atoms with Gasteiger partial charge in [-0.05, 0) is 36.4 Å².